The molecule has 2 atom stereocenters. The van der Waals surface area contributed by atoms with Crippen molar-refractivity contribution in [3.05, 3.63) is 25.3 Å². The van der Waals surface area contributed by atoms with Crippen LogP contribution in [-0.4, -0.2) is 20.2 Å². The first-order valence-electron chi connectivity index (χ1n) is 8.43. The van der Waals surface area contributed by atoms with Gasteiger partial charge in [-0.3, -0.25) is 4.79 Å². The summed E-state index contributed by atoms with van der Waals surface area (Å²) in [5.41, 5.74) is -0.453. The van der Waals surface area contributed by atoms with Gasteiger partial charge in [0.05, 0.1) is 11.5 Å². The molecule has 2 nitrogen and oxygen atoms in total. The van der Waals surface area contributed by atoms with E-state index < -0.39 is 13.7 Å². The van der Waals surface area contributed by atoms with Crippen LogP contribution in [0.15, 0.2) is 25.3 Å². The molecule has 0 aromatic rings. The smallest absolute Gasteiger partial charge is 0.192 e. The van der Waals surface area contributed by atoms with Crippen molar-refractivity contribution in [3.8, 4) is 0 Å². The largest absolute Gasteiger partial charge is 0.413 e. The summed E-state index contributed by atoms with van der Waals surface area (Å²) in [4.78, 5) is 12.9. The van der Waals surface area contributed by atoms with Crippen LogP contribution < -0.4 is 0 Å². The van der Waals surface area contributed by atoms with Gasteiger partial charge in [-0.25, -0.2) is 0 Å². The average molecular weight is 323 g/mol. The van der Waals surface area contributed by atoms with Crippen molar-refractivity contribution >= 4 is 14.1 Å². The van der Waals surface area contributed by atoms with Crippen LogP contribution in [0.1, 0.15) is 53.4 Å². The van der Waals surface area contributed by atoms with E-state index in [1.165, 1.54) is 0 Å². The van der Waals surface area contributed by atoms with Crippen LogP contribution in [0.5, 0.6) is 0 Å². The van der Waals surface area contributed by atoms with Crippen molar-refractivity contribution in [3.63, 3.8) is 0 Å². The molecule has 1 aliphatic carbocycles. The van der Waals surface area contributed by atoms with Gasteiger partial charge in [0.2, 0.25) is 0 Å². The minimum atomic E-state index is -1.92. The molecule has 0 amide bonds. The van der Waals surface area contributed by atoms with E-state index in [2.05, 4.69) is 53.9 Å². The van der Waals surface area contributed by atoms with Crippen LogP contribution >= 0.6 is 0 Å². The van der Waals surface area contributed by atoms with Gasteiger partial charge in [0.1, 0.15) is 5.78 Å². The summed E-state index contributed by atoms with van der Waals surface area (Å²) in [6.45, 7) is 21.2. The number of carbonyl (C=O) groups is 1. The molecular weight excluding hydrogens is 288 g/mol. The molecule has 0 aromatic heterocycles. The van der Waals surface area contributed by atoms with Gasteiger partial charge in [0.25, 0.3) is 0 Å². The summed E-state index contributed by atoms with van der Waals surface area (Å²) in [5.74, 6) is 0.722. The van der Waals surface area contributed by atoms with Gasteiger partial charge in [-0.1, -0.05) is 39.8 Å². The molecule has 126 valence electrons. The highest BCUT2D eigenvalue weighted by Crippen LogP contribution is 2.47. The zero-order valence-corrected chi connectivity index (χ0v) is 16.4. The van der Waals surface area contributed by atoms with Crippen molar-refractivity contribution in [2.45, 2.75) is 77.6 Å². The second kappa shape index (κ2) is 6.84. The molecule has 1 aliphatic rings. The Morgan fingerprint density at radius 2 is 1.77 bits per heavy atom. The van der Waals surface area contributed by atoms with Gasteiger partial charge in [0, 0.05) is 6.42 Å². The third kappa shape index (κ3) is 3.80. The average Bonchev–Trinajstić information content (AvgIpc) is 2.34. The Morgan fingerprint density at radius 1 is 1.27 bits per heavy atom. The predicted molar refractivity (Wildman–Crippen MR) is 97.5 cm³/mol. The number of Topliss-reactive ketones (excluding diaryl/α,β-unsaturated/α-hetero) is 1. The number of hydrogen-bond donors (Lipinski definition) is 0. The van der Waals surface area contributed by atoms with Crippen LogP contribution in [0.4, 0.5) is 0 Å². The van der Waals surface area contributed by atoms with Crippen LogP contribution in [0.25, 0.3) is 0 Å². The van der Waals surface area contributed by atoms with Gasteiger partial charge in [0.15, 0.2) is 8.32 Å². The summed E-state index contributed by atoms with van der Waals surface area (Å²) < 4.78 is 6.73. The monoisotopic (exact) mass is 322 g/mol. The van der Waals surface area contributed by atoms with Crippen LogP contribution in [0.3, 0.4) is 0 Å². The summed E-state index contributed by atoms with van der Waals surface area (Å²) in [6, 6.07) is 0. The molecular formula is C19H34O2Si. The van der Waals surface area contributed by atoms with Crippen LogP contribution in [0, 0.1) is 11.3 Å². The molecule has 0 heterocycles. The number of ketones is 1. The first kappa shape index (κ1) is 19.4. The third-order valence-electron chi connectivity index (χ3n) is 5.58. The second-order valence-electron chi connectivity index (χ2n) is 8.48. The highest BCUT2D eigenvalue weighted by molar-refractivity contribution is 6.74. The highest BCUT2D eigenvalue weighted by Gasteiger charge is 2.51. The molecule has 0 aromatic carbocycles. The Balaban J connectivity index is 3.21. The van der Waals surface area contributed by atoms with Crippen molar-refractivity contribution in [1.82, 2.24) is 0 Å². The Kier molecular flexibility index (Phi) is 6.02. The van der Waals surface area contributed by atoms with Gasteiger partial charge in [-0.2, -0.15) is 0 Å². The molecule has 0 radical (unpaired) electrons. The fraction of sp³-hybridized carbons (Fsp3) is 0.737. The lowest BCUT2D eigenvalue weighted by Gasteiger charge is -2.49. The van der Waals surface area contributed by atoms with Crippen LogP contribution in [0.2, 0.25) is 18.1 Å². The number of carbonyl (C=O) groups excluding carboxylic acids is 1. The quantitative estimate of drug-likeness (QED) is 0.476. The summed E-state index contributed by atoms with van der Waals surface area (Å²) in [6.07, 6.45) is 6.71. The zero-order valence-electron chi connectivity index (χ0n) is 15.4. The maximum absolute atomic E-state index is 12.9. The molecule has 0 bridgehead atoms. The number of hydrogen-bond acceptors (Lipinski definition) is 2. The third-order valence-corrected chi connectivity index (χ3v) is 10.1. The Bertz CT molecular complexity index is 421. The van der Waals surface area contributed by atoms with Gasteiger partial charge < -0.3 is 4.43 Å². The molecule has 22 heavy (non-hydrogen) atoms. The van der Waals surface area contributed by atoms with E-state index in [0.29, 0.717) is 31.0 Å². The normalized spacial score (nSPS) is 25.8. The molecule has 3 heteroatoms. The molecule has 0 saturated heterocycles. The molecule has 0 aliphatic heterocycles. The zero-order chi connectivity index (χ0) is 17.2. The van der Waals surface area contributed by atoms with E-state index in [-0.39, 0.29) is 11.1 Å². The van der Waals surface area contributed by atoms with Crippen molar-refractivity contribution in [2.24, 2.45) is 11.3 Å². The van der Waals surface area contributed by atoms with E-state index in [0.717, 1.165) is 6.42 Å². The topological polar surface area (TPSA) is 26.3 Å². The Labute approximate surface area is 138 Å². The van der Waals surface area contributed by atoms with E-state index in [9.17, 15) is 4.79 Å². The SMILES string of the molecule is C=CCC1(CC=C)C(=O)CC(C)CC1O[Si](C)(C)C(C)(C)C. The minimum Gasteiger partial charge on any atom is -0.413 e. The van der Waals surface area contributed by atoms with Crippen molar-refractivity contribution in [1.29, 1.82) is 0 Å². The van der Waals surface area contributed by atoms with Crippen molar-refractivity contribution in [2.75, 3.05) is 0 Å². The maximum Gasteiger partial charge on any atom is 0.192 e. The highest BCUT2D eigenvalue weighted by atomic mass is 28.4. The van der Waals surface area contributed by atoms with E-state index in [1.807, 2.05) is 12.2 Å². The summed E-state index contributed by atoms with van der Waals surface area (Å²) in [7, 11) is -1.92. The van der Waals surface area contributed by atoms with E-state index in [4.69, 9.17) is 4.43 Å². The van der Waals surface area contributed by atoms with Crippen molar-refractivity contribution < 1.29 is 9.22 Å². The fourth-order valence-electron chi connectivity index (χ4n) is 3.16. The lowest BCUT2D eigenvalue weighted by Crippen LogP contribution is -2.54. The lowest BCUT2D eigenvalue weighted by molar-refractivity contribution is -0.141. The van der Waals surface area contributed by atoms with E-state index >= 15 is 0 Å². The number of rotatable bonds is 6. The predicted octanol–water partition coefficient (Wildman–Crippen LogP) is 5.51. The van der Waals surface area contributed by atoms with Gasteiger partial charge in [-0.05, 0) is 43.3 Å². The van der Waals surface area contributed by atoms with Crippen LogP contribution in [-0.2, 0) is 9.22 Å². The Morgan fingerprint density at radius 3 is 2.18 bits per heavy atom. The summed E-state index contributed by atoms with van der Waals surface area (Å²) in [5, 5.41) is 0.144. The number of allylic oxidation sites excluding steroid dienone is 2. The molecule has 1 saturated carbocycles. The molecule has 0 N–H and O–H groups in total. The summed E-state index contributed by atoms with van der Waals surface area (Å²) >= 11 is 0. The van der Waals surface area contributed by atoms with E-state index in [1.54, 1.807) is 0 Å². The molecule has 0 spiro atoms. The Hall–Kier alpha value is -0.673. The minimum absolute atomic E-state index is 0.0133. The lowest BCUT2D eigenvalue weighted by atomic mass is 9.64. The molecule has 2 unspecified atom stereocenters. The second-order valence-corrected chi connectivity index (χ2v) is 13.2. The standard InChI is InChI=1S/C19H34O2Si/c1-9-11-19(12-10-2)16(20)13-15(3)14-17(19)21-22(7,8)18(4,5)6/h9-10,15,17H,1-2,11-14H2,3-8H3. The maximum atomic E-state index is 12.9. The first-order chi connectivity index (χ1) is 10.00. The first-order valence-corrected chi connectivity index (χ1v) is 11.3. The van der Waals surface area contributed by atoms with Gasteiger partial charge in [-0.15, -0.1) is 13.2 Å². The molecule has 1 rings (SSSR count). The fourth-order valence-corrected chi connectivity index (χ4v) is 4.54. The van der Waals surface area contributed by atoms with Gasteiger partial charge >= 0.3 is 0 Å². The molecule has 1 fully saturated rings.